The summed E-state index contributed by atoms with van der Waals surface area (Å²) in [7, 11) is 0. The number of halogens is 6. The van der Waals surface area contributed by atoms with E-state index < -0.39 is 24.3 Å². The monoisotopic (exact) mass is 591 g/mol. The van der Waals surface area contributed by atoms with Crippen molar-refractivity contribution >= 4 is 34.6 Å². The molecule has 0 aromatic carbocycles. The lowest BCUT2D eigenvalue weighted by atomic mass is 9.87. The minimum atomic E-state index is -5.08. The van der Waals surface area contributed by atoms with E-state index in [1.165, 1.54) is 23.5 Å². The summed E-state index contributed by atoms with van der Waals surface area (Å²) < 4.78 is 69.5. The van der Waals surface area contributed by atoms with Crippen LogP contribution in [0.25, 0.3) is 0 Å². The van der Waals surface area contributed by atoms with Gasteiger partial charge in [-0.1, -0.05) is 6.07 Å². The second-order valence-electron chi connectivity index (χ2n) is 8.77. The molecule has 2 aromatic heterocycles. The smallest absolute Gasteiger partial charge is 0.475 e. The maximum Gasteiger partial charge on any atom is 0.490 e. The molecule has 0 bridgehead atoms. The van der Waals surface area contributed by atoms with Crippen molar-refractivity contribution in [1.82, 2.24) is 14.8 Å². The third kappa shape index (κ3) is 10.8. The fraction of sp³-hybridized carbons (Fsp3) is 0.591. The Balaban J connectivity index is 0.000000301. The highest BCUT2D eigenvalue weighted by Crippen LogP contribution is 2.35. The number of likely N-dealkylation sites (tertiary alicyclic amines) is 1. The van der Waals surface area contributed by atoms with Crippen LogP contribution in [-0.4, -0.2) is 88.7 Å². The van der Waals surface area contributed by atoms with Gasteiger partial charge in [-0.15, -0.1) is 22.7 Å². The normalized spacial score (nSPS) is 20.7. The summed E-state index contributed by atoms with van der Waals surface area (Å²) >= 11 is 3.61. The molecule has 2 aromatic rings. The third-order valence-electron chi connectivity index (χ3n) is 5.53. The molecule has 2 saturated heterocycles. The second kappa shape index (κ2) is 13.7. The molecule has 2 aliphatic heterocycles. The highest BCUT2D eigenvalue weighted by atomic mass is 32.1. The molecule has 16 heteroatoms. The maximum absolute atomic E-state index is 10.6. The number of nitrogens with zero attached hydrogens (tertiary/aromatic N) is 3. The van der Waals surface area contributed by atoms with E-state index in [4.69, 9.17) is 24.5 Å². The molecule has 0 aliphatic carbocycles. The molecule has 214 valence electrons. The average Bonchev–Trinajstić information content (AvgIpc) is 3.51. The van der Waals surface area contributed by atoms with Crippen LogP contribution in [0.4, 0.5) is 26.3 Å². The standard InChI is InChI=1S/C18H25N3OS2.2C2HF3O2/c1-15-19-16(11-24-15)9-21-6-7-22-14-18(13-21)4-5-20(12-18)10-17-3-2-8-23-17;2*3-2(4,5)1(6)7/h2-3,8,11H,4-7,9-10,12-14H2,1H3;2*(H,6,7). The number of carbonyl (C=O) groups is 2. The van der Waals surface area contributed by atoms with E-state index in [2.05, 4.69) is 44.6 Å². The fourth-order valence-electron chi connectivity index (χ4n) is 3.96. The molecule has 4 rings (SSSR count). The predicted molar refractivity (Wildman–Crippen MR) is 127 cm³/mol. The van der Waals surface area contributed by atoms with Gasteiger partial charge in [0.25, 0.3) is 0 Å². The number of hydrogen-bond donors (Lipinski definition) is 2. The third-order valence-corrected chi connectivity index (χ3v) is 7.22. The Bertz CT molecular complexity index is 1010. The lowest BCUT2D eigenvalue weighted by molar-refractivity contribution is -0.193. The quantitative estimate of drug-likeness (QED) is 0.501. The van der Waals surface area contributed by atoms with Crippen LogP contribution < -0.4 is 0 Å². The van der Waals surface area contributed by atoms with Gasteiger partial charge in [-0.3, -0.25) is 9.80 Å². The van der Waals surface area contributed by atoms with Crippen molar-refractivity contribution < 1.29 is 50.9 Å². The number of carboxylic acid groups (broad SMARTS) is 2. The number of carboxylic acids is 2. The molecule has 38 heavy (non-hydrogen) atoms. The van der Waals surface area contributed by atoms with Crippen LogP contribution in [0.5, 0.6) is 0 Å². The van der Waals surface area contributed by atoms with Crippen molar-refractivity contribution in [3.63, 3.8) is 0 Å². The maximum atomic E-state index is 10.6. The molecular weight excluding hydrogens is 564 g/mol. The van der Waals surface area contributed by atoms with Gasteiger partial charge in [0.05, 0.1) is 23.9 Å². The molecule has 4 heterocycles. The summed E-state index contributed by atoms with van der Waals surface area (Å²) in [5, 5.41) is 19.8. The minimum Gasteiger partial charge on any atom is -0.475 e. The Labute approximate surface area is 222 Å². The molecule has 1 unspecified atom stereocenters. The van der Waals surface area contributed by atoms with Gasteiger partial charge in [0.15, 0.2) is 0 Å². The van der Waals surface area contributed by atoms with Crippen molar-refractivity contribution in [1.29, 1.82) is 0 Å². The first-order chi connectivity index (χ1) is 17.6. The van der Waals surface area contributed by atoms with Gasteiger partial charge in [-0.25, -0.2) is 14.6 Å². The summed E-state index contributed by atoms with van der Waals surface area (Å²) in [6, 6.07) is 4.40. The highest BCUT2D eigenvalue weighted by molar-refractivity contribution is 7.10. The summed E-state index contributed by atoms with van der Waals surface area (Å²) in [5.41, 5.74) is 1.50. The van der Waals surface area contributed by atoms with Gasteiger partial charge in [0.1, 0.15) is 0 Å². The summed E-state index contributed by atoms with van der Waals surface area (Å²) in [6.07, 6.45) is -8.93. The Morgan fingerprint density at radius 1 is 1.03 bits per heavy atom. The fourth-order valence-corrected chi connectivity index (χ4v) is 5.31. The van der Waals surface area contributed by atoms with E-state index in [1.54, 1.807) is 11.3 Å². The van der Waals surface area contributed by atoms with Crippen molar-refractivity contribution in [3.05, 3.63) is 38.5 Å². The van der Waals surface area contributed by atoms with Crippen LogP contribution in [0.1, 0.15) is 22.0 Å². The number of hydrogen-bond acceptors (Lipinski definition) is 8. The summed E-state index contributed by atoms with van der Waals surface area (Å²) in [6.45, 7) is 10.4. The number of aryl methyl sites for hydroxylation is 1. The Kier molecular flexibility index (Phi) is 11.5. The number of rotatable bonds is 4. The van der Waals surface area contributed by atoms with E-state index in [9.17, 15) is 26.3 Å². The Morgan fingerprint density at radius 3 is 2.08 bits per heavy atom. The van der Waals surface area contributed by atoms with Crippen molar-refractivity contribution in [3.8, 4) is 0 Å². The molecule has 2 N–H and O–H groups in total. The largest absolute Gasteiger partial charge is 0.490 e. The van der Waals surface area contributed by atoms with Gasteiger partial charge in [-0.05, 0) is 31.3 Å². The first kappa shape index (κ1) is 31.9. The van der Waals surface area contributed by atoms with Crippen LogP contribution in [-0.2, 0) is 27.4 Å². The molecule has 0 saturated carbocycles. The number of alkyl halides is 6. The van der Waals surface area contributed by atoms with Crippen LogP contribution in [0.2, 0.25) is 0 Å². The van der Waals surface area contributed by atoms with E-state index in [0.717, 1.165) is 50.9 Å². The van der Waals surface area contributed by atoms with Crippen LogP contribution in [0.15, 0.2) is 22.9 Å². The Morgan fingerprint density at radius 2 is 1.61 bits per heavy atom. The zero-order valence-electron chi connectivity index (χ0n) is 20.2. The summed E-state index contributed by atoms with van der Waals surface area (Å²) in [4.78, 5) is 29.1. The highest BCUT2D eigenvalue weighted by Gasteiger charge is 2.41. The van der Waals surface area contributed by atoms with E-state index in [-0.39, 0.29) is 0 Å². The SMILES string of the molecule is Cc1nc(CN2CCOCC3(CCN(Cc4cccs4)C3)C2)cs1.O=C(O)C(F)(F)F.O=C(O)C(F)(F)F. The predicted octanol–water partition coefficient (Wildman–Crippen LogP) is 4.50. The number of aliphatic carboxylic acids is 2. The first-order valence-electron chi connectivity index (χ1n) is 11.2. The van der Waals surface area contributed by atoms with E-state index >= 15 is 0 Å². The number of thiophene rings is 1. The first-order valence-corrected chi connectivity index (χ1v) is 12.9. The van der Waals surface area contributed by atoms with Gasteiger partial charge in [0.2, 0.25) is 0 Å². The lowest BCUT2D eigenvalue weighted by Crippen LogP contribution is -2.40. The van der Waals surface area contributed by atoms with Gasteiger partial charge >= 0.3 is 24.3 Å². The van der Waals surface area contributed by atoms with Crippen molar-refractivity contribution in [2.75, 3.05) is 39.4 Å². The molecule has 1 atom stereocenters. The van der Waals surface area contributed by atoms with Crippen LogP contribution in [0, 0.1) is 12.3 Å². The molecular formula is C22H27F6N3O5S2. The van der Waals surface area contributed by atoms with Crippen LogP contribution >= 0.6 is 22.7 Å². The topological polar surface area (TPSA) is 103 Å². The molecule has 0 radical (unpaired) electrons. The zero-order chi connectivity index (χ0) is 28.6. The molecule has 1 spiro atoms. The molecule has 8 nitrogen and oxygen atoms in total. The average molecular weight is 592 g/mol. The molecule has 2 aliphatic rings. The number of ether oxygens (including phenoxy) is 1. The van der Waals surface area contributed by atoms with E-state index in [0.29, 0.717) is 5.41 Å². The Hall–Kier alpha value is -2.27. The van der Waals surface area contributed by atoms with Gasteiger partial charge in [-0.2, -0.15) is 26.3 Å². The minimum absolute atomic E-state index is 0.291. The molecule has 2 fully saturated rings. The van der Waals surface area contributed by atoms with E-state index in [1.807, 2.05) is 11.3 Å². The summed E-state index contributed by atoms with van der Waals surface area (Å²) in [5.74, 6) is -5.51. The number of aromatic nitrogens is 1. The van der Waals surface area contributed by atoms with Crippen LogP contribution in [0.3, 0.4) is 0 Å². The lowest BCUT2D eigenvalue weighted by Gasteiger charge is -2.31. The van der Waals surface area contributed by atoms with Crippen molar-refractivity contribution in [2.45, 2.75) is 38.8 Å². The zero-order valence-corrected chi connectivity index (χ0v) is 21.9. The van der Waals surface area contributed by atoms with Crippen molar-refractivity contribution in [2.24, 2.45) is 5.41 Å². The van der Waals surface area contributed by atoms with Gasteiger partial charge in [0, 0.05) is 48.4 Å². The van der Waals surface area contributed by atoms with Gasteiger partial charge < -0.3 is 14.9 Å². The number of thiazole rings is 1. The molecule has 0 amide bonds. The second-order valence-corrected chi connectivity index (χ2v) is 10.9.